The maximum atomic E-state index is 5.61. The van der Waals surface area contributed by atoms with Crippen molar-refractivity contribution < 1.29 is 8.94 Å². The van der Waals surface area contributed by atoms with Gasteiger partial charge in [0, 0.05) is 24.2 Å². The van der Waals surface area contributed by atoms with Gasteiger partial charge in [-0.05, 0) is 52.7 Å². The lowest BCUT2D eigenvalue weighted by Gasteiger charge is -2.10. The molecule has 8 heteroatoms. The number of hydrogen-bond donors (Lipinski definition) is 2. The Morgan fingerprint density at radius 2 is 1.87 bits per heavy atom. The largest absolute Gasteiger partial charge is 0.444 e. The van der Waals surface area contributed by atoms with Crippen molar-refractivity contribution in [3.63, 3.8) is 0 Å². The maximum Gasteiger partial charge on any atom is 0.226 e. The van der Waals surface area contributed by atoms with Crippen molar-refractivity contribution in [2.75, 3.05) is 13.1 Å². The third-order valence-electron chi connectivity index (χ3n) is 4.67. The van der Waals surface area contributed by atoms with E-state index in [1.54, 1.807) is 6.26 Å². The highest BCUT2D eigenvalue weighted by Crippen LogP contribution is 2.19. The zero-order chi connectivity index (χ0) is 20.6. The van der Waals surface area contributed by atoms with Crippen LogP contribution in [0.5, 0.6) is 0 Å². The maximum absolute atomic E-state index is 5.61. The second-order valence-corrected chi connectivity index (χ2v) is 7.04. The van der Waals surface area contributed by atoms with E-state index >= 15 is 0 Å². The highest BCUT2D eigenvalue weighted by Gasteiger charge is 2.09. The molecule has 2 aromatic heterocycles. The van der Waals surface area contributed by atoms with Crippen LogP contribution in [-0.4, -0.2) is 29.2 Å². The molecule has 0 radical (unpaired) electrons. The van der Waals surface area contributed by atoms with Crippen LogP contribution in [0.15, 0.2) is 44.5 Å². The fourth-order valence-corrected chi connectivity index (χ4v) is 3.04. The molecule has 30 heavy (non-hydrogen) atoms. The first-order chi connectivity index (χ1) is 14.1. The number of benzene rings is 1. The lowest BCUT2D eigenvalue weighted by Crippen LogP contribution is -2.37. The molecule has 0 spiro atoms. The van der Waals surface area contributed by atoms with Crippen molar-refractivity contribution in [3.05, 3.63) is 58.8 Å². The number of halogens is 1. The molecule has 0 fully saturated rings. The monoisotopic (exact) mass is 523 g/mol. The van der Waals surface area contributed by atoms with Crippen LogP contribution in [0, 0.1) is 20.8 Å². The Labute approximate surface area is 194 Å². The number of guanidine groups is 1. The Morgan fingerprint density at radius 3 is 2.53 bits per heavy atom. The topological polar surface area (TPSA) is 88.5 Å². The molecule has 0 aliphatic carbocycles. The lowest BCUT2D eigenvalue weighted by molar-refractivity contribution is 0.392. The zero-order valence-electron chi connectivity index (χ0n) is 18.0. The van der Waals surface area contributed by atoms with Gasteiger partial charge in [-0.1, -0.05) is 22.9 Å². The molecule has 0 saturated carbocycles. The van der Waals surface area contributed by atoms with Crippen LogP contribution in [0.25, 0.3) is 11.5 Å². The van der Waals surface area contributed by atoms with E-state index in [-0.39, 0.29) is 24.0 Å². The van der Waals surface area contributed by atoms with Crippen LogP contribution in [-0.2, 0) is 13.0 Å². The number of aliphatic imine (C=N–C) groups is 1. The molecule has 1 aromatic carbocycles. The molecule has 0 aliphatic heterocycles. The molecule has 2 N–H and O–H groups in total. The Balaban J connectivity index is 0.00000320. The van der Waals surface area contributed by atoms with Crippen LogP contribution in [0.2, 0.25) is 0 Å². The van der Waals surface area contributed by atoms with Crippen molar-refractivity contribution in [1.29, 1.82) is 0 Å². The summed E-state index contributed by atoms with van der Waals surface area (Å²) in [5, 5.41) is 10.6. The molecule has 0 unspecified atom stereocenters. The van der Waals surface area contributed by atoms with E-state index in [2.05, 4.69) is 32.7 Å². The summed E-state index contributed by atoms with van der Waals surface area (Å²) in [6, 6.07) is 8.12. The van der Waals surface area contributed by atoms with Gasteiger partial charge in [0.1, 0.15) is 17.7 Å². The second kappa shape index (κ2) is 11.7. The van der Waals surface area contributed by atoms with E-state index < -0.39 is 0 Å². The van der Waals surface area contributed by atoms with E-state index in [1.807, 2.05) is 45.0 Å². The van der Waals surface area contributed by atoms with E-state index in [0.717, 1.165) is 54.6 Å². The quantitative estimate of drug-likeness (QED) is 0.195. The standard InChI is InChI=1S/C22H29N5O2.HI/c1-5-23-22(24-12-6-7-20-16(3)27-29-17(20)4)25-13-19-14-28-21(26-19)18-10-8-15(2)9-11-18;/h8-11,14H,5-7,12-13H2,1-4H3,(H2,23,24,25);1H. The number of nitrogens with zero attached hydrogens (tertiary/aromatic N) is 3. The Bertz CT molecular complexity index is 927. The van der Waals surface area contributed by atoms with E-state index in [1.165, 1.54) is 11.1 Å². The number of aromatic nitrogens is 2. The summed E-state index contributed by atoms with van der Waals surface area (Å²) < 4.78 is 10.8. The smallest absolute Gasteiger partial charge is 0.226 e. The molecule has 0 atom stereocenters. The van der Waals surface area contributed by atoms with Gasteiger partial charge in [0.15, 0.2) is 5.96 Å². The summed E-state index contributed by atoms with van der Waals surface area (Å²) >= 11 is 0. The zero-order valence-corrected chi connectivity index (χ0v) is 20.3. The number of oxazole rings is 1. The molecule has 2 heterocycles. The normalized spacial score (nSPS) is 11.3. The lowest BCUT2D eigenvalue weighted by atomic mass is 10.1. The Kier molecular flexibility index (Phi) is 9.35. The fraction of sp³-hybridized carbons (Fsp3) is 0.409. The van der Waals surface area contributed by atoms with Crippen molar-refractivity contribution in [1.82, 2.24) is 20.8 Å². The Hall–Kier alpha value is -2.36. The van der Waals surface area contributed by atoms with Gasteiger partial charge >= 0.3 is 0 Å². The first-order valence-corrected chi connectivity index (χ1v) is 10.0. The number of nitrogens with one attached hydrogen (secondary N) is 2. The average Bonchev–Trinajstić information content (AvgIpc) is 3.31. The van der Waals surface area contributed by atoms with Crippen molar-refractivity contribution >= 4 is 29.9 Å². The molecule has 3 rings (SSSR count). The molecule has 0 amide bonds. The minimum Gasteiger partial charge on any atom is -0.444 e. The van der Waals surface area contributed by atoms with E-state index in [9.17, 15) is 0 Å². The minimum absolute atomic E-state index is 0. The molecule has 0 saturated heterocycles. The van der Waals surface area contributed by atoms with Gasteiger partial charge in [0.2, 0.25) is 5.89 Å². The van der Waals surface area contributed by atoms with E-state index in [4.69, 9.17) is 8.94 Å². The number of rotatable bonds is 8. The van der Waals surface area contributed by atoms with Crippen LogP contribution < -0.4 is 10.6 Å². The highest BCUT2D eigenvalue weighted by atomic mass is 127. The van der Waals surface area contributed by atoms with Gasteiger partial charge in [-0.15, -0.1) is 24.0 Å². The predicted octanol–water partition coefficient (Wildman–Crippen LogP) is 4.56. The SMILES string of the molecule is CCNC(=NCc1coc(-c2ccc(C)cc2)n1)NCCCc1c(C)noc1C.I. The molecule has 3 aromatic rings. The van der Waals surface area contributed by atoms with Crippen molar-refractivity contribution in [2.24, 2.45) is 4.99 Å². The average molecular weight is 523 g/mol. The second-order valence-electron chi connectivity index (χ2n) is 7.04. The van der Waals surface area contributed by atoms with E-state index in [0.29, 0.717) is 12.4 Å². The molecular formula is C22H30IN5O2. The minimum atomic E-state index is 0. The summed E-state index contributed by atoms with van der Waals surface area (Å²) in [5.41, 5.74) is 5.14. The van der Waals surface area contributed by atoms with Gasteiger partial charge < -0.3 is 19.6 Å². The van der Waals surface area contributed by atoms with Gasteiger partial charge in [-0.3, -0.25) is 0 Å². The van der Waals surface area contributed by atoms with Crippen LogP contribution >= 0.6 is 24.0 Å². The number of hydrogen-bond acceptors (Lipinski definition) is 5. The van der Waals surface area contributed by atoms with Crippen molar-refractivity contribution in [2.45, 2.75) is 47.1 Å². The molecular weight excluding hydrogens is 493 g/mol. The first kappa shape index (κ1) is 23.9. The summed E-state index contributed by atoms with van der Waals surface area (Å²) in [7, 11) is 0. The van der Waals surface area contributed by atoms with Gasteiger partial charge in [0.05, 0.1) is 12.2 Å². The van der Waals surface area contributed by atoms with Crippen LogP contribution in [0.3, 0.4) is 0 Å². The van der Waals surface area contributed by atoms with Gasteiger partial charge in [-0.2, -0.15) is 0 Å². The third kappa shape index (κ3) is 6.58. The number of aryl methyl sites for hydroxylation is 3. The molecule has 7 nitrogen and oxygen atoms in total. The first-order valence-electron chi connectivity index (χ1n) is 10.0. The highest BCUT2D eigenvalue weighted by molar-refractivity contribution is 14.0. The third-order valence-corrected chi connectivity index (χ3v) is 4.67. The molecule has 0 bridgehead atoms. The van der Waals surface area contributed by atoms with Crippen molar-refractivity contribution in [3.8, 4) is 11.5 Å². The van der Waals surface area contributed by atoms with Crippen LogP contribution in [0.4, 0.5) is 0 Å². The van der Waals surface area contributed by atoms with Crippen LogP contribution in [0.1, 0.15) is 41.6 Å². The van der Waals surface area contributed by atoms with Gasteiger partial charge in [-0.25, -0.2) is 9.98 Å². The molecule has 162 valence electrons. The summed E-state index contributed by atoms with van der Waals surface area (Å²) in [4.78, 5) is 9.16. The Morgan fingerprint density at radius 1 is 1.10 bits per heavy atom. The summed E-state index contributed by atoms with van der Waals surface area (Å²) in [6.45, 7) is 10.1. The van der Waals surface area contributed by atoms with Gasteiger partial charge in [0.25, 0.3) is 0 Å². The summed E-state index contributed by atoms with van der Waals surface area (Å²) in [5.74, 6) is 2.29. The fourth-order valence-electron chi connectivity index (χ4n) is 3.04. The predicted molar refractivity (Wildman–Crippen MR) is 129 cm³/mol. The summed E-state index contributed by atoms with van der Waals surface area (Å²) in [6.07, 6.45) is 3.56. The molecule has 0 aliphatic rings.